The van der Waals surface area contributed by atoms with Crippen LogP contribution in [0.3, 0.4) is 0 Å². The highest BCUT2D eigenvalue weighted by Gasteiger charge is 2.25. The quantitative estimate of drug-likeness (QED) is 0.709. The minimum absolute atomic E-state index is 0.122. The molecule has 0 aliphatic heterocycles. The second-order valence-electron chi connectivity index (χ2n) is 4.75. The van der Waals surface area contributed by atoms with Gasteiger partial charge in [-0.05, 0) is 20.8 Å². The van der Waals surface area contributed by atoms with E-state index in [1.165, 1.54) is 14.1 Å². The van der Waals surface area contributed by atoms with Crippen molar-refractivity contribution < 1.29 is 0 Å². The van der Waals surface area contributed by atoms with Gasteiger partial charge in [-0.25, -0.2) is 9.48 Å². The van der Waals surface area contributed by atoms with E-state index in [0.717, 1.165) is 9.25 Å². The highest BCUT2D eigenvalue weighted by molar-refractivity contribution is 5.34. The highest BCUT2D eigenvalue weighted by Crippen LogP contribution is 2.11. The first-order valence-corrected chi connectivity index (χ1v) is 5.35. The molecule has 0 spiro atoms. The predicted molar refractivity (Wildman–Crippen MR) is 66.1 cm³/mol. The summed E-state index contributed by atoms with van der Waals surface area (Å²) in [4.78, 5) is 23.3. The highest BCUT2D eigenvalue weighted by atomic mass is 16.2. The second-order valence-corrected chi connectivity index (χ2v) is 4.75. The van der Waals surface area contributed by atoms with Crippen molar-refractivity contribution in [1.29, 1.82) is 0 Å². The third-order valence-corrected chi connectivity index (χ3v) is 2.90. The van der Waals surface area contributed by atoms with Crippen LogP contribution in [0.1, 0.15) is 20.8 Å². The normalized spacial score (nSPS) is 13.5. The lowest BCUT2D eigenvalue weighted by molar-refractivity contribution is 0.463. The molecule has 1 aromatic heterocycles. The molecular formula is C10H19N5O2. The second kappa shape index (κ2) is 4.33. The van der Waals surface area contributed by atoms with Gasteiger partial charge in [0.15, 0.2) is 0 Å². The van der Waals surface area contributed by atoms with Crippen LogP contribution in [0.2, 0.25) is 0 Å². The molecule has 0 aromatic carbocycles. The summed E-state index contributed by atoms with van der Waals surface area (Å²) in [6.45, 7) is 5.56. The van der Waals surface area contributed by atoms with Gasteiger partial charge in [-0.1, -0.05) is 0 Å². The summed E-state index contributed by atoms with van der Waals surface area (Å²) >= 11 is 0. The maximum Gasteiger partial charge on any atom is 0.346 e. The van der Waals surface area contributed by atoms with Crippen LogP contribution in [0.25, 0.3) is 0 Å². The monoisotopic (exact) mass is 241 g/mol. The van der Waals surface area contributed by atoms with Crippen LogP contribution in [0, 0.1) is 0 Å². The van der Waals surface area contributed by atoms with E-state index in [9.17, 15) is 9.59 Å². The first kappa shape index (κ1) is 13.4. The Hall–Kier alpha value is -1.63. The zero-order valence-electron chi connectivity index (χ0n) is 10.8. The van der Waals surface area contributed by atoms with Crippen molar-refractivity contribution in [1.82, 2.24) is 14.3 Å². The lowest BCUT2D eigenvalue weighted by Gasteiger charge is -2.30. The number of hydrogen-bond donors (Lipinski definition) is 2. The van der Waals surface area contributed by atoms with Gasteiger partial charge in [0.1, 0.15) is 0 Å². The molecule has 0 fully saturated rings. The molecule has 1 aromatic rings. The minimum atomic E-state index is -0.490. The number of rotatable bonds is 3. The van der Waals surface area contributed by atoms with E-state index in [4.69, 9.17) is 5.73 Å². The number of nitrogens with two attached hydrogens (primary N) is 1. The van der Waals surface area contributed by atoms with Crippen molar-refractivity contribution in [3.63, 3.8) is 0 Å². The van der Waals surface area contributed by atoms with Crippen LogP contribution in [0.5, 0.6) is 0 Å². The van der Waals surface area contributed by atoms with Gasteiger partial charge in [0, 0.05) is 25.7 Å². The summed E-state index contributed by atoms with van der Waals surface area (Å²) in [5.41, 5.74) is 4.40. The van der Waals surface area contributed by atoms with Crippen LogP contribution in [0.4, 0.5) is 5.82 Å². The predicted octanol–water partition coefficient (Wildman–Crippen LogP) is -0.983. The van der Waals surface area contributed by atoms with Crippen molar-refractivity contribution in [2.45, 2.75) is 32.4 Å². The van der Waals surface area contributed by atoms with E-state index in [1.54, 1.807) is 0 Å². The topological polar surface area (TPSA) is 94.9 Å². The van der Waals surface area contributed by atoms with Gasteiger partial charge in [0.25, 0.3) is 5.56 Å². The fourth-order valence-corrected chi connectivity index (χ4v) is 1.20. The van der Waals surface area contributed by atoms with Gasteiger partial charge in [-0.15, -0.1) is 5.10 Å². The van der Waals surface area contributed by atoms with Crippen molar-refractivity contribution in [3.05, 3.63) is 20.8 Å². The largest absolute Gasteiger partial charge is 0.358 e. The molecule has 0 amide bonds. The molecule has 1 atom stereocenters. The molecule has 1 heterocycles. The zero-order valence-corrected chi connectivity index (χ0v) is 10.8. The summed E-state index contributed by atoms with van der Waals surface area (Å²) in [5, 5.41) is 6.87. The van der Waals surface area contributed by atoms with E-state index in [1.807, 2.05) is 20.8 Å². The molecule has 0 aliphatic carbocycles. The smallest absolute Gasteiger partial charge is 0.346 e. The number of anilines is 1. The third-order valence-electron chi connectivity index (χ3n) is 2.90. The molecule has 17 heavy (non-hydrogen) atoms. The molecule has 7 heteroatoms. The SMILES string of the molecule is CC(N)C(C)(C)Nc1nn(C)c(=O)n(C)c1=O. The summed E-state index contributed by atoms with van der Waals surface area (Å²) in [5.74, 6) is 0.122. The van der Waals surface area contributed by atoms with E-state index in [2.05, 4.69) is 10.4 Å². The maximum absolute atomic E-state index is 11.8. The fourth-order valence-electron chi connectivity index (χ4n) is 1.20. The molecule has 3 N–H and O–H groups in total. The molecular weight excluding hydrogens is 222 g/mol. The molecule has 7 nitrogen and oxygen atoms in total. The molecule has 1 rings (SSSR count). The standard InChI is InChI=1S/C10H19N5O2/c1-6(11)10(2,3)12-7-8(16)14(4)9(17)15(5)13-7/h6H,11H2,1-5H3,(H,12,13). The summed E-state index contributed by atoms with van der Waals surface area (Å²) < 4.78 is 2.12. The zero-order chi connectivity index (χ0) is 13.4. The maximum atomic E-state index is 11.8. The summed E-state index contributed by atoms with van der Waals surface area (Å²) in [6, 6.07) is -0.175. The van der Waals surface area contributed by atoms with Crippen LogP contribution >= 0.6 is 0 Å². The van der Waals surface area contributed by atoms with Crippen molar-refractivity contribution in [3.8, 4) is 0 Å². The minimum Gasteiger partial charge on any atom is -0.358 e. The lowest BCUT2D eigenvalue weighted by atomic mass is 9.97. The van der Waals surface area contributed by atoms with Gasteiger partial charge in [-0.2, -0.15) is 0 Å². The van der Waals surface area contributed by atoms with Crippen molar-refractivity contribution in [2.24, 2.45) is 19.8 Å². The summed E-state index contributed by atoms with van der Waals surface area (Å²) in [6.07, 6.45) is 0. The lowest BCUT2D eigenvalue weighted by Crippen LogP contribution is -2.50. The van der Waals surface area contributed by atoms with Gasteiger partial charge < -0.3 is 11.1 Å². The Bertz CT molecular complexity index is 526. The number of hydrogen-bond acceptors (Lipinski definition) is 5. The van der Waals surface area contributed by atoms with Gasteiger partial charge in [-0.3, -0.25) is 9.36 Å². The Morgan fingerprint density at radius 1 is 1.35 bits per heavy atom. The Labute approximate surface area is 99.2 Å². The first-order chi connectivity index (χ1) is 7.66. The molecule has 0 saturated carbocycles. The molecule has 0 saturated heterocycles. The number of aryl methyl sites for hydroxylation is 1. The van der Waals surface area contributed by atoms with Crippen LogP contribution < -0.4 is 22.3 Å². The first-order valence-electron chi connectivity index (χ1n) is 5.35. The third kappa shape index (κ3) is 2.55. The average Bonchev–Trinajstić information content (AvgIpc) is 2.22. The molecule has 0 radical (unpaired) electrons. The number of aromatic nitrogens is 3. The summed E-state index contributed by atoms with van der Waals surface area (Å²) in [7, 11) is 2.90. The molecule has 1 unspecified atom stereocenters. The Balaban J connectivity index is 3.27. The molecule has 0 aliphatic rings. The Morgan fingerprint density at radius 3 is 2.35 bits per heavy atom. The number of nitrogens with zero attached hydrogens (tertiary/aromatic N) is 3. The van der Waals surface area contributed by atoms with Crippen LogP contribution in [-0.4, -0.2) is 25.9 Å². The molecule has 0 bridgehead atoms. The number of nitrogens with one attached hydrogen (secondary N) is 1. The van der Waals surface area contributed by atoms with Crippen LogP contribution in [0.15, 0.2) is 9.59 Å². The van der Waals surface area contributed by atoms with E-state index >= 15 is 0 Å². The van der Waals surface area contributed by atoms with Crippen molar-refractivity contribution >= 4 is 5.82 Å². The average molecular weight is 241 g/mol. The molecule has 96 valence electrons. The van der Waals surface area contributed by atoms with Gasteiger partial charge >= 0.3 is 5.69 Å². The Morgan fingerprint density at radius 2 is 1.88 bits per heavy atom. The van der Waals surface area contributed by atoms with E-state index < -0.39 is 16.8 Å². The fraction of sp³-hybridized carbons (Fsp3) is 0.700. The van der Waals surface area contributed by atoms with Crippen molar-refractivity contribution in [2.75, 3.05) is 5.32 Å². The van der Waals surface area contributed by atoms with Gasteiger partial charge in [0.05, 0.1) is 0 Å². The van der Waals surface area contributed by atoms with Crippen LogP contribution in [-0.2, 0) is 14.1 Å². The van der Waals surface area contributed by atoms with E-state index in [-0.39, 0.29) is 11.9 Å². The van der Waals surface area contributed by atoms with E-state index in [0.29, 0.717) is 0 Å². The van der Waals surface area contributed by atoms with Gasteiger partial charge in [0.2, 0.25) is 5.82 Å². The Kier molecular flexibility index (Phi) is 3.42.